The zero-order chi connectivity index (χ0) is 20.0. The van der Waals surface area contributed by atoms with Gasteiger partial charge in [-0.05, 0) is 48.5 Å². The van der Waals surface area contributed by atoms with Gasteiger partial charge in [-0.15, -0.1) is 11.8 Å². The predicted octanol–water partition coefficient (Wildman–Crippen LogP) is 4.47. The van der Waals surface area contributed by atoms with E-state index in [1.54, 1.807) is 60.7 Å². The first-order chi connectivity index (χ1) is 13.5. The third kappa shape index (κ3) is 4.94. The zero-order valence-corrected chi connectivity index (χ0v) is 16.8. The van der Waals surface area contributed by atoms with Crippen molar-refractivity contribution >= 4 is 33.3 Å². The Morgan fingerprint density at radius 1 is 0.929 bits per heavy atom. The van der Waals surface area contributed by atoms with Crippen molar-refractivity contribution in [3.05, 3.63) is 84.4 Å². The average molecular weight is 414 g/mol. The molecule has 0 aliphatic rings. The van der Waals surface area contributed by atoms with Crippen LogP contribution in [-0.2, 0) is 10.0 Å². The van der Waals surface area contributed by atoms with Crippen LogP contribution in [0.25, 0.3) is 0 Å². The number of rotatable bonds is 8. The summed E-state index contributed by atoms with van der Waals surface area (Å²) in [4.78, 5) is 13.5. The van der Waals surface area contributed by atoms with Crippen LogP contribution >= 0.6 is 11.8 Å². The van der Waals surface area contributed by atoms with E-state index in [0.29, 0.717) is 17.0 Å². The van der Waals surface area contributed by atoms with Gasteiger partial charge in [0, 0.05) is 10.6 Å². The molecular weight excluding hydrogens is 394 g/mol. The van der Waals surface area contributed by atoms with Crippen molar-refractivity contribution in [2.45, 2.75) is 9.79 Å². The minimum absolute atomic E-state index is 0.0312. The molecule has 0 radical (unpaired) electrons. The highest BCUT2D eigenvalue weighted by Gasteiger charge is 2.14. The Morgan fingerprint density at radius 3 is 2.25 bits per heavy atom. The highest BCUT2D eigenvalue weighted by Crippen LogP contribution is 2.25. The van der Waals surface area contributed by atoms with Crippen LogP contribution in [0.4, 0.5) is 5.69 Å². The van der Waals surface area contributed by atoms with Gasteiger partial charge in [-0.3, -0.25) is 9.52 Å². The predicted molar refractivity (Wildman–Crippen MR) is 112 cm³/mol. The maximum absolute atomic E-state index is 12.4. The fourth-order valence-corrected chi connectivity index (χ4v) is 4.40. The van der Waals surface area contributed by atoms with E-state index in [1.807, 2.05) is 6.07 Å². The van der Waals surface area contributed by atoms with Crippen molar-refractivity contribution in [2.24, 2.45) is 0 Å². The molecule has 0 heterocycles. The minimum Gasteiger partial charge on any atom is -0.496 e. The second kappa shape index (κ2) is 8.95. The maximum atomic E-state index is 12.4. The molecule has 28 heavy (non-hydrogen) atoms. The van der Waals surface area contributed by atoms with E-state index in [0.717, 1.165) is 4.90 Å². The third-order valence-electron chi connectivity index (χ3n) is 3.94. The zero-order valence-electron chi connectivity index (χ0n) is 15.2. The number of benzene rings is 3. The normalized spacial score (nSPS) is 11.0. The van der Waals surface area contributed by atoms with Crippen LogP contribution in [0.3, 0.4) is 0 Å². The number of anilines is 1. The van der Waals surface area contributed by atoms with E-state index < -0.39 is 10.0 Å². The van der Waals surface area contributed by atoms with E-state index in [2.05, 4.69) is 4.72 Å². The monoisotopic (exact) mass is 413 g/mol. The van der Waals surface area contributed by atoms with Crippen LogP contribution in [0.2, 0.25) is 0 Å². The van der Waals surface area contributed by atoms with Gasteiger partial charge in [-0.2, -0.15) is 0 Å². The van der Waals surface area contributed by atoms with Gasteiger partial charge in [0.15, 0.2) is 5.78 Å². The number of para-hydroxylation sites is 1. The molecule has 5 nitrogen and oxygen atoms in total. The number of ketones is 1. The Balaban J connectivity index is 1.63. The summed E-state index contributed by atoms with van der Waals surface area (Å²) >= 11 is 1.38. The van der Waals surface area contributed by atoms with Crippen molar-refractivity contribution in [1.82, 2.24) is 0 Å². The highest BCUT2D eigenvalue weighted by atomic mass is 32.2. The average Bonchev–Trinajstić information content (AvgIpc) is 2.73. The molecule has 3 rings (SSSR count). The lowest BCUT2D eigenvalue weighted by molar-refractivity contribution is 0.101. The molecule has 0 fully saturated rings. The summed E-state index contributed by atoms with van der Waals surface area (Å²) in [5.41, 5.74) is 1.01. The first kappa shape index (κ1) is 20.0. The lowest BCUT2D eigenvalue weighted by Crippen LogP contribution is -2.12. The summed E-state index contributed by atoms with van der Waals surface area (Å²) in [6.45, 7) is 0. The van der Waals surface area contributed by atoms with Gasteiger partial charge in [0.05, 0.1) is 23.3 Å². The molecule has 0 unspecified atom stereocenters. The molecule has 0 bridgehead atoms. The molecule has 1 N–H and O–H groups in total. The van der Waals surface area contributed by atoms with Gasteiger partial charge in [-0.1, -0.05) is 30.3 Å². The fourth-order valence-electron chi connectivity index (χ4n) is 2.53. The van der Waals surface area contributed by atoms with Crippen LogP contribution in [0.5, 0.6) is 5.75 Å². The first-order valence-electron chi connectivity index (χ1n) is 8.46. The summed E-state index contributed by atoms with van der Waals surface area (Å²) in [5, 5.41) is 0. The van der Waals surface area contributed by atoms with E-state index in [4.69, 9.17) is 4.74 Å². The molecule has 144 valence electrons. The molecule has 0 aliphatic heterocycles. The summed E-state index contributed by atoms with van der Waals surface area (Å²) < 4.78 is 32.5. The largest absolute Gasteiger partial charge is 0.496 e. The summed E-state index contributed by atoms with van der Waals surface area (Å²) in [7, 11) is -2.08. The second-order valence-electron chi connectivity index (χ2n) is 5.86. The van der Waals surface area contributed by atoms with Gasteiger partial charge in [-0.25, -0.2) is 8.42 Å². The van der Waals surface area contributed by atoms with Crippen LogP contribution < -0.4 is 9.46 Å². The van der Waals surface area contributed by atoms with Crippen molar-refractivity contribution in [3.63, 3.8) is 0 Å². The lowest BCUT2D eigenvalue weighted by atomic mass is 10.1. The summed E-state index contributed by atoms with van der Waals surface area (Å²) in [6.07, 6.45) is 0. The number of carbonyl (C=O) groups is 1. The van der Waals surface area contributed by atoms with Crippen molar-refractivity contribution in [2.75, 3.05) is 17.6 Å². The van der Waals surface area contributed by atoms with Gasteiger partial charge in [0.25, 0.3) is 10.0 Å². The van der Waals surface area contributed by atoms with Crippen LogP contribution in [-0.4, -0.2) is 27.1 Å². The number of Topliss-reactive ketones (excluding diaryl/α,β-unsaturated/α-hetero) is 1. The number of hydrogen-bond donors (Lipinski definition) is 1. The second-order valence-corrected chi connectivity index (χ2v) is 8.59. The topological polar surface area (TPSA) is 72.5 Å². The number of thioether (sulfide) groups is 1. The quantitative estimate of drug-likeness (QED) is 0.436. The number of hydrogen-bond acceptors (Lipinski definition) is 5. The number of ether oxygens (including phenoxy) is 1. The summed E-state index contributed by atoms with van der Waals surface area (Å²) in [5.74, 6) is 0.783. The van der Waals surface area contributed by atoms with Crippen LogP contribution in [0.15, 0.2) is 88.7 Å². The van der Waals surface area contributed by atoms with Gasteiger partial charge in [0.1, 0.15) is 5.75 Å². The Kier molecular flexibility index (Phi) is 6.38. The molecule has 3 aromatic rings. The van der Waals surface area contributed by atoms with E-state index in [9.17, 15) is 13.2 Å². The van der Waals surface area contributed by atoms with E-state index in [1.165, 1.54) is 31.0 Å². The van der Waals surface area contributed by atoms with Crippen LogP contribution in [0, 0.1) is 0 Å². The molecule has 0 saturated carbocycles. The molecule has 0 atom stereocenters. The fraction of sp³-hybridized carbons (Fsp3) is 0.0952. The van der Waals surface area contributed by atoms with Crippen molar-refractivity contribution in [3.8, 4) is 5.75 Å². The number of nitrogens with one attached hydrogen (secondary N) is 1. The maximum Gasteiger partial charge on any atom is 0.261 e. The molecule has 0 aromatic heterocycles. The number of sulfonamides is 1. The third-order valence-corrected chi connectivity index (χ3v) is 6.35. The van der Waals surface area contributed by atoms with Gasteiger partial charge in [0.2, 0.25) is 0 Å². The molecule has 0 amide bonds. The molecule has 7 heteroatoms. The number of carbonyl (C=O) groups excluding carboxylic acids is 1. The molecule has 0 spiro atoms. The molecule has 0 aliphatic carbocycles. The SMILES string of the molecule is COc1ccccc1C(=O)CSc1ccc(NS(=O)(=O)c2ccccc2)cc1. The van der Waals surface area contributed by atoms with E-state index >= 15 is 0 Å². The summed E-state index contributed by atoms with van der Waals surface area (Å²) in [6, 6.07) is 22.2. The van der Waals surface area contributed by atoms with Crippen molar-refractivity contribution in [1.29, 1.82) is 0 Å². The Hall–Kier alpha value is -2.77. The smallest absolute Gasteiger partial charge is 0.261 e. The molecule has 3 aromatic carbocycles. The van der Waals surface area contributed by atoms with Crippen molar-refractivity contribution < 1.29 is 17.9 Å². The van der Waals surface area contributed by atoms with E-state index in [-0.39, 0.29) is 16.4 Å². The van der Waals surface area contributed by atoms with Crippen LogP contribution in [0.1, 0.15) is 10.4 Å². The minimum atomic E-state index is -3.62. The van der Waals surface area contributed by atoms with Gasteiger partial charge >= 0.3 is 0 Å². The van der Waals surface area contributed by atoms with Gasteiger partial charge < -0.3 is 4.74 Å². The molecule has 0 saturated heterocycles. The standard InChI is InChI=1S/C21H19NO4S2/c1-26-21-10-6-5-9-19(21)20(23)15-27-17-13-11-16(12-14-17)22-28(24,25)18-7-3-2-4-8-18/h2-14,22H,15H2,1H3. The lowest BCUT2D eigenvalue weighted by Gasteiger charge is -2.09. The Bertz CT molecular complexity index is 1050. The Morgan fingerprint density at radius 2 is 1.57 bits per heavy atom. The number of methoxy groups -OCH3 is 1. The first-order valence-corrected chi connectivity index (χ1v) is 10.9. The highest BCUT2D eigenvalue weighted by molar-refractivity contribution is 8.00. The Labute approximate surface area is 168 Å². The molecular formula is C21H19NO4S2.